The molecule has 1 aromatic rings. The van der Waals surface area contributed by atoms with E-state index in [0.717, 1.165) is 12.8 Å². The van der Waals surface area contributed by atoms with Crippen LogP contribution in [-0.2, 0) is 17.1 Å². The molecule has 0 saturated carbocycles. The molecule has 0 aliphatic carbocycles. The highest BCUT2D eigenvalue weighted by atomic mass is 35.5. The minimum atomic E-state index is -3.41. The maximum atomic E-state index is 12.2. The van der Waals surface area contributed by atoms with Crippen molar-refractivity contribution in [1.82, 2.24) is 13.9 Å². The van der Waals surface area contributed by atoms with Crippen molar-refractivity contribution in [3.8, 4) is 0 Å². The number of alkyl halides is 1. The van der Waals surface area contributed by atoms with Gasteiger partial charge in [0.2, 0.25) is 0 Å². The van der Waals surface area contributed by atoms with Gasteiger partial charge in [0.05, 0.1) is 6.33 Å². The van der Waals surface area contributed by atoms with Gasteiger partial charge in [0.25, 0.3) is 10.0 Å². The molecule has 0 amide bonds. The first kappa shape index (κ1) is 12.9. The fraction of sp³-hybridized carbons (Fsp3) is 0.700. The second-order valence-electron chi connectivity index (χ2n) is 4.37. The first-order valence-corrected chi connectivity index (χ1v) is 7.55. The highest BCUT2D eigenvalue weighted by molar-refractivity contribution is 7.89. The predicted molar refractivity (Wildman–Crippen MR) is 65.4 cm³/mol. The Balaban J connectivity index is 2.13. The summed E-state index contributed by atoms with van der Waals surface area (Å²) in [4.78, 5) is 3.91. The van der Waals surface area contributed by atoms with E-state index in [1.807, 2.05) is 0 Å². The number of aromatic nitrogens is 2. The van der Waals surface area contributed by atoms with Crippen molar-refractivity contribution in [3.05, 3.63) is 12.5 Å². The summed E-state index contributed by atoms with van der Waals surface area (Å²) in [6.45, 7) is 1.13. The summed E-state index contributed by atoms with van der Waals surface area (Å²) >= 11 is 5.68. The topological polar surface area (TPSA) is 55.2 Å². The Kier molecular flexibility index (Phi) is 3.75. The molecule has 17 heavy (non-hydrogen) atoms. The van der Waals surface area contributed by atoms with Gasteiger partial charge in [0.15, 0.2) is 5.03 Å². The van der Waals surface area contributed by atoms with E-state index in [-0.39, 0.29) is 5.03 Å². The molecule has 5 nitrogen and oxygen atoms in total. The number of sulfonamides is 1. The summed E-state index contributed by atoms with van der Waals surface area (Å²) in [5.41, 5.74) is 0. The minimum absolute atomic E-state index is 0.131. The van der Waals surface area contributed by atoms with E-state index in [9.17, 15) is 8.42 Å². The van der Waals surface area contributed by atoms with Crippen LogP contribution in [0.2, 0.25) is 0 Å². The van der Waals surface area contributed by atoms with Crippen LogP contribution in [0.5, 0.6) is 0 Å². The lowest BCUT2D eigenvalue weighted by Gasteiger charge is -2.14. The smallest absolute Gasteiger partial charge is 0.262 e. The summed E-state index contributed by atoms with van der Waals surface area (Å²) < 4.78 is 27.6. The Morgan fingerprint density at radius 1 is 1.59 bits per heavy atom. The number of rotatable bonds is 4. The second kappa shape index (κ2) is 4.96. The molecule has 0 N–H and O–H groups in total. The Morgan fingerprint density at radius 3 is 2.94 bits per heavy atom. The number of imidazole rings is 1. The zero-order valence-electron chi connectivity index (χ0n) is 9.71. The first-order chi connectivity index (χ1) is 8.04. The van der Waals surface area contributed by atoms with Crippen LogP contribution in [-0.4, -0.2) is 41.2 Å². The fourth-order valence-corrected chi connectivity index (χ4v) is 3.87. The minimum Gasteiger partial charge on any atom is -0.339 e. The zero-order valence-corrected chi connectivity index (χ0v) is 11.3. The Labute approximate surface area is 106 Å². The van der Waals surface area contributed by atoms with Gasteiger partial charge in [-0.1, -0.05) is 0 Å². The van der Waals surface area contributed by atoms with Crippen molar-refractivity contribution in [3.63, 3.8) is 0 Å². The Morgan fingerprint density at radius 2 is 2.35 bits per heavy atom. The van der Waals surface area contributed by atoms with Gasteiger partial charge >= 0.3 is 0 Å². The molecule has 0 aromatic carbocycles. The second-order valence-corrected chi connectivity index (χ2v) is 6.64. The van der Waals surface area contributed by atoms with Crippen LogP contribution in [0.1, 0.15) is 12.8 Å². The van der Waals surface area contributed by atoms with E-state index in [1.54, 1.807) is 11.6 Å². The molecule has 7 heteroatoms. The Bertz CT molecular complexity index is 485. The third kappa shape index (κ3) is 2.64. The average molecular weight is 278 g/mol. The van der Waals surface area contributed by atoms with Gasteiger partial charge in [0.1, 0.15) is 0 Å². The highest BCUT2D eigenvalue weighted by Crippen LogP contribution is 2.25. The van der Waals surface area contributed by atoms with Crippen LogP contribution in [0.15, 0.2) is 17.6 Å². The van der Waals surface area contributed by atoms with Crippen LogP contribution in [0.3, 0.4) is 0 Å². The van der Waals surface area contributed by atoms with Crippen LogP contribution < -0.4 is 0 Å². The van der Waals surface area contributed by atoms with E-state index in [2.05, 4.69) is 4.98 Å². The quantitative estimate of drug-likeness (QED) is 0.774. The molecule has 0 bridgehead atoms. The molecular weight excluding hydrogens is 262 g/mol. The molecule has 1 aromatic heterocycles. The van der Waals surface area contributed by atoms with Crippen molar-refractivity contribution >= 4 is 21.6 Å². The third-order valence-corrected chi connectivity index (χ3v) is 5.02. The molecule has 1 aliphatic heterocycles. The number of aryl methyl sites for hydroxylation is 1. The van der Waals surface area contributed by atoms with Crippen LogP contribution in [0.25, 0.3) is 0 Å². The molecule has 96 valence electrons. The fourth-order valence-electron chi connectivity index (χ4n) is 2.06. The summed E-state index contributed by atoms with van der Waals surface area (Å²) in [6, 6.07) is 0. The predicted octanol–water partition coefficient (Wildman–Crippen LogP) is 1.06. The molecule has 1 aliphatic rings. The van der Waals surface area contributed by atoms with Crippen LogP contribution >= 0.6 is 11.6 Å². The lowest BCUT2D eigenvalue weighted by Crippen LogP contribution is -2.29. The van der Waals surface area contributed by atoms with E-state index in [0.29, 0.717) is 24.9 Å². The molecule has 1 atom stereocenters. The maximum Gasteiger partial charge on any atom is 0.262 e. The van der Waals surface area contributed by atoms with Gasteiger partial charge in [-0.2, -0.15) is 4.31 Å². The van der Waals surface area contributed by atoms with Gasteiger partial charge in [-0.25, -0.2) is 13.4 Å². The first-order valence-electron chi connectivity index (χ1n) is 5.58. The standard InChI is InChI=1S/C10H16ClN3O2S/c1-13-7-10(12-8-13)17(15,16)14-5-3-9(6-14)2-4-11/h7-9H,2-6H2,1H3. The van der Waals surface area contributed by atoms with Crippen molar-refractivity contribution in [2.24, 2.45) is 13.0 Å². The number of hydrogen-bond acceptors (Lipinski definition) is 3. The van der Waals surface area contributed by atoms with E-state index in [1.165, 1.54) is 16.8 Å². The van der Waals surface area contributed by atoms with E-state index < -0.39 is 10.0 Å². The van der Waals surface area contributed by atoms with E-state index >= 15 is 0 Å². The average Bonchev–Trinajstić information content (AvgIpc) is 2.88. The Hall–Kier alpha value is -0.590. The molecule has 1 fully saturated rings. The molecule has 1 saturated heterocycles. The van der Waals surface area contributed by atoms with Crippen molar-refractivity contribution in [2.45, 2.75) is 17.9 Å². The summed E-state index contributed by atoms with van der Waals surface area (Å²) in [6.07, 6.45) is 4.79. The highest BCUT2D eigenvalue weighted by Gasteiger charge is 2.33. The van der Waals surface area contributed by atoms with Gasteiger partial charge in [-0.15, -0.1) is 11.6 Å². The van der Waals surface area contributed by atoms with Crippen molar-refractivity contribution < 1.29 is 8.42 Å². The number of hydrogen-bond donors (Lipinski definition) is 0. The normalized spacial score (nSPS) is 22.1. The SMILES string of the molecule is Cn1cnc(S(=O)(=O)N2CCC(CCCl)C2)c1. The van der Waals surface area contributed by atoms with Crippen LogP contribution in [0, 0.1) is 5.92 Å². The largest absolute Gasteiger partial charge is 0.339 e. The van der Waals surface area contributed by atoms with Gasteiger partial charge < -0.3 is 4.57 Å². The monoisotopic (exact) mass is 277 g/mol. The van der Waals surface area contributed by atoms with Crippen molar-refractivity contribution in [2.75, 3.05) is 19.0 Å². The number of nitrogens with zero attached hydrogens (tertiary/aromatic N) is 3. The van der Waals surface area contributed by atoms with E-state index in [4.69, 9.17) is 11.6 Å². The molecule has 2 heterocycles. The van der Waals surface area contributed by atoms with Crippen LogP contribution in [0.4, 0.5) is 0 Å². The zero-order chi connectivity index (χ0) is 12.5. The van der Waals surface area contributed by atoms with Gasteiger partial charge in [-0.3, -0.25) is 0 Å². The van der Waals surface area contributed by atoms with Gasteiger partial charge in [0, 0.05) is 32.2 Å². The molecule has 0 spiro atoms. The lowest BCUT2D eigenvalue weighted by atomic mass is 10.1. The molecule has 1 unspecified atom stereocenters. The number of halogens is 1. The van der Waals surface area contributed by atoms with Gasteiger partial charge in [-0.05, 0) is 18.8 Å². The summed E-state index contributed by atoms with van der Waals surface area (Å²) in [7, 11) is -1.65. The molecule has 0 radical (unpaired) electrons. The third-order valence-electron chi connectivity index (χ3n) is 3.05. The lowest BCUT2D eigenvalue weighted by molar-refractivity contribution is 0.451. The molecule has 2 rings (SSSR count). The van der Waals surface area contributed by atoms with Crippen molar-refractivity contribution in [1.29, 1.82) is 0 Å². The maximum absolute atomic E-state index is 12.2. The molecular formula is C10H16ClN3O2S. The summed E-state index contributed by atoms with van der Waals surface area (Å²) in [5, 5.41) is 0.131. The summed E-state index contributed by atoms with van der Waals surface area (Å²) in [5.74, 6) is 0.966.